The van der Waals surface area contributed by atoms with E-state index in [4.69, 9.17) is 4.74 Å². The molecule has 3 rings (SSSR count). The Labute approximate surface area is 136 Å². The molecule has 2 aromatic rings. The highest BCUT2D eigenvalue weighted by molar-refractivity contribution is 5.38. The maximum Gasteiger partial charge on any atom is 0.433 e. The number of halogens is 3. The zero-order valence-corrected chi connectivity index (χ0v) is 12.9. The van der Waals surface area contributed by atoms with E-state index < -0.39 is 11.9 Å². The lowest BCUT2D eigenvalue weighted by atomic mass is 10.3. The lowest BCUT2D eigenvalue weighted by Gasteiger charge is -2.34. The predicted octanol–water partition coefficient (Wildman–Crippen LogP) is 1.62. The molecule has 0 aliphatic carbocycles. The molecule has 0 atom stereocenters. The van der Waals surface area contributed by atoms with Gasteiger partial charge < -0.3 is 14.5 Å². The number of aromatic nitrogens is 4. The second-order valence-corrected chi connectivity index (χ2v) is 5.11. The van der Waals surface area contributed by atoms with Crippen LogP contribution in [0.3, 0.4) is 0 Å². The summed E-state index contributed by atoms with van der Waals surface area (Å²) in [5.41, 5.74) is -0.939. The Kier molecular flexibility index (Phi) is 4.36. The molecule has 2 aromatic heterocycles. The van der Waals surface area contributed by atoms with Crippen LogP contribution in [0, 0.1) is 0 Å². The third-order valence-corrected chi connectivity index (χ3v) is 3.61. The van der Waals surface area contributed by atoms with Gasteiger partial charge in [-0.15, -0.1) is 0 Å². The highest BCUT2D eigenvalue weighted by Crippen LogP contribution is 2.28. The molecule has 1 aliphatic heterocycles. The van der Waals surface area contributed by atoms with E-state index in [0.717, 1.165) is 12.3 Å². The number of alkyl halides is 3. The molecule has 128 valence electrons. The number of methoxy groups -OCH3 is 1. The van der Waals surface area contributed by atoms with Gasteiger partial charge in [0.1, 0.15) is 5.69 Å². The standard InChI is InChI=1S/C14H15F3N6O/c1-24-11-3-5-19-13(21-11)23-8-6-22(7-9-23)12-18-4-2-10(20-12)14(15,16)17/h2-5H,6-9H2,1H3. The van der Waals surface area contributed by atoms with Crippen molar-refractivity contribution in [3.63, 3.8) is 0 Å². The van der Waals surface area contributed by atoms with Crippen molar-refractivity contribution in [3.05, 3.63) is 30.2 Å². The number of ether oxygens (including phenoxy) is 1. The molecule has 0 radical (unpaired) electrons. The van der Waals surface area contributed by atoms with Crippen molar-refractivity contribution >= 4 is 11.9 Å². The monoisotopic (exact) mass is 340 g/mol. The van der Waals surface area contributed by atoms with Gasteiger partial charge in [0.2, 0.25) is 17.8 Å². The van der Waals surface area contributed by atoms with E-state index in [2.05, 4.69) is 19.9 Å². The van der Waals surface area contributed by atoms with E-state index in [9.17, 15) is 13.2 Å². The zero-order chi connectivity index (χ0) is 17.2. The smallest absolute Gasteiger partial charge is 0.433 e. The van der Waals surface area contributed by atoms with Crippen LogP contribution >= 0.6 is 0 Å². The third-order valence-electron chi connectivity index (χ3n) is 3.61. The molecule has 0 N–H and O–H groups in total. The van der Waals surface area contributed by atoms with Crippen LogP contribution in [-0.4, -0.2) is 53.2 Å². The van der Waals surface area contributed by atoms with Crippen LogP contribution in [0.25, 0.3) is 0 Å². The van der Waals surface area contributed by atoms with Gasteiger partial charge in [0.05, 0.1) is 7.11 Å². The fourth-order valence-electron chi connectivity index (χ4n) is 2.36. The maximum absolute atomic E-state index is 12.7. The predicted molar refractivity (Wildman–Crippen MR) is 80.0 cm³/mol. The van der Waals surface area contributed by atoms with Crippen molar-refractivity contribution in [2.45, 2.75) is 6.18 Å². The Morgan fingerprint density at radius 3 is 2.00 bits per heavy atom. The first-order valence-electron chi connectivity index (χ1n) is 7.24. The van der Waals surface area contributed by atoms with Gasteiger partial charge in [-0.05, 0) is 6.07 Å². The van der Waals surface area contributed by atoms with E-state index in [-0.39, 0.29) is 5.95 Å². The van der Waals surface area contributed by atoms with Crippen molar-refractivity contribution in [1.29, 1.82) is 0 Å². The first-order chi connectivity index (χ1) is 11.5. The van der Waals surface area contributed by atoms with Gasteiger partial charge in [-0.3, -0.25) is 0 Å². The number of piperazine rings is 1. The third kappa shape index (κ3) is 3.47. The lowest BCUT2D eigenvalue weighted by molar-refractivity contribution is -0.141. The molecule has 1 aliphatic rings. The first kappa shape index (κ1) is 16.2. The summed E-state index contributed by atoms with van der Waals surface area (Å²) in [6.07, 6.45) is -1.75. The van der Waals surface area contributed by atoms with Crippen molar-refractivity contribution in [1.82, 2.24) is 19.9 Å². The SMILES string of the molecule is COc1ccnc(N2CCN(c3nccc(C(F)(F)F)n3)CC2)n1. The topological polar surface area (TPSA) is 67.3 Å². The van der Waals surface area contributed by atoms with E-state index in [1.807, 2.05) is 4.90 Å². The molecule has 3 heterocycles. The van der Waals surface area contributed by atoms with E-state index in [1.54, 1.807) is 17.2 Å². The van der Waals surface area contributed by atoms with Crippen LogP contribution in [0.1, 0.15) is 5.69 Å². The fraction of sp³-hybridized carbons (Fsp3) is 0.429. The summed E-state index contributed by atoms with van der Waals surface area (Å²) in [5, 5.41) is 0. The molecular weight excluding hydrogens is 325 g/mol. The zero-order valence-electron chi connectivity index (χ0n) is 12.9. The number of hydrogen-bond donors (Lipinski definition) is 0. The van der Waals surface area contributed by atoms with E-state index in [1.165, 1.54) is 7.11 Å². The van der Waals surface area contributed by atoms with Gasteiger partial charge in [0, 0.05) is 44.6 Å². The summed E-state index contributed by atoms with van der Waals surface area (Å²) < 4.78 is 43.3. The Bertz CT molecular complexity index is 703. The molecule has 1 saturated heterocycles. The molecule has 0 bridgehead atoms. The molecule has 0 amide bonds. The average molecular weight is 340 g/mol. The van der Waals surface area contributed by atoms with Gasteiger partial charge in [0.15, 0.2) is 0 Å². The van der Waals surface area contributed by atoms with Gasteiger partial charge in [-0.1, -0.05) is 0 Å². The summed E-state index contributed by atoms with van der Waals surface area (Å²) in [5.74, 6) is 1.07. The number of nitrogens with zero attached hydrogens (tertiary/aromatic N) is 6. The molecule has 10 heteroatoms. The first-order valence-corrected chi connectivity index (χ1v) is 7.24. The number of rotatable bonds is 3. The summed E-state index contributed by atoms with van der Waals surface area (Å²) in [7, 11) is 1.52. The summed E-state index contributed by atoms with van der Waals surface area (Å²) >= 11 is 0. The van der Waals surface area contributed by atoms with Crippen LogP contribution in [0.2, 0.25) is 0 Å². The molecule has 0 saturated carbocycles. The van der Waals surface area contributed by atoms with Crippen LogP contribution in [-0.2, 0) is 6.18 Å². The van der Waals surface area contributed by atoms with Crippen molar-refractivity contribution in [3.8, 4) is 5.88 Å². The van der Waals surface area contributed by atoms with Crippen molar-refractivity contribution in [2.24, 2.45) is 0 Å². The molecule has 1 fully saturated rings. The van der Waals surface area contributed by atoms with E-state index >= 15 is 0 Å². The largest absolute Gasteiger partial charge is 0.481 e. The lowest BCUT2D eigenvalue weighted by Crippen LogP contribution is -2.47. The Balaban J connectivity index is 1.69. The summed E-state index contributed by atoms with van der Waals surface area (Å²) in [4.78, 5) is 19.7. The minimum absolute atomic E-state index is 0.0797. The van der Waals surface area contributed by atoms with Gasteiger partial charge >= 0.3 is 6.18 Å². The average Bonchev–Trinajstić information content (AvgIpc) is 2.61. The summed E-state index contributed by atoms with van der Waals surface area (Å²) in [6.45, 7) is 2.04. The molecular formula is C14H15F3N6O. The Morgan fingerprint density at radius 2 is 1.46 bits per heavy atom. The maximum atomic E-state index is 12.7. The quantitative estimate of drug-likeness (QED) is 0.841. The second kappa shape index (κ2) is 6.46. The van der Waals surface area contributed by atoms with Crippen LogP contribution < -0.4 is 14.5 Å². The Morgan fingerprint density at radius 1 is 0.917 bits per heavy atom. The second-order valence-electron chi connectivity index (χ2n) is 5.11. The molecule has 0 spiro atoms. The normalized spacial score (nSPS) is 15.5. The van der Waals surface area contributed by atoms with E-state index in [0.29, 0.717) is 38.0 Å². The highest BCUT2D eigenvalue weighted by atomic mass is 19.4. The minimum Gasteiger partial charge on any atom is -0.481 e. The van der Waals surface area contributed by atoms with Crippen molar-refractivity contribution < 1.29 is 17.9 Å². The fourth-order valence-corrected chi connectivity index (χ4v) is 2.36. The van der Waals surface area contributed by atoms with Gasteiger partial charge in [-0.25, -0.2) is 15.0 Å². The Hall–Kier alpha value is -2.65. The van der Waals surface area contributed by atoms with Crippen molar-refractivity contribution in [2.75, 3.05) is 43.1 Å². The van der Waals surface area contributed by atoms with Crippen LogP contribution in [0.15, 0.2) is 24.5 Å². The minimum atomic E-state index is -4.48. The van der Waals surface area contributed by atoms with Gasteiger partial charge in [-0.2, -0.15) is 18.2 Å². The molecule has 24 heavy (non-hydrogen) atoms. The van der Waals surface area contributed by atoms with Crippen LogP contribution in [0.4, 0.5) is 25.1 Å². The van der Waals surface area contributed by atoms with Gasteiger partial charge in [0.25, 0.3) is 0 Å². The van der Waals surface area contributed by atoms with Crippen LogP contribution in [0.5, 0.6) is 5.88 Å². The molecule has 7 nitrogen and oxygen atoms in total. The summed E-state index contributed by atoms with van der Waals surface area (Å²) in [6, 6.07) is 2.51. The highest BCUT2D eigenvalue weighted by Gasteiger charge is 2.33. The number of anilines is 2. The molecule has 0 aromatic carbocycles. The molecule has 0 unspecified atom stereocenters. The number of hydrogen-bond acceptors (Lipinski definition) is 7.